The van der Waals surface area contributed by atoms with E-state index in [4.69, 9.17) is 4.74 Å². The van der Waals surface area contributed by atoms with E-state index in [0.29, 0.717) is 17.9 Å². The van der Waals surface area contributed by atoms with Gasteiger partial charge in [-0.15, -0.1) is 22.7 Å². The summed E-state index contributed by atoms with van der Waals surface area (Å²) in [6.45, 7) is 3.21. The first kappa shape index (κ1) is 17.2. The normalized spacial score (nSPS) is 16.8. The first-order valence-corrected chi connectivity index (χ1v) is 10.4. The quantitative estimate of drug-likeness (QED) is 0.617. The van der Waals surface area contributed by atoms with Gasteiger partial charge in [0.2, 0.25) is 0 Å². The molecule has 26 heavy (non-hydrogen) atoms. The fraction of sp³-hybridized carbons (Fsp3) is 0.300. The Morgan fingerprint density at radius 1 is 1.31 bits per heavy atom. The zero-order chi connectivity index (χ0) is 17.9. The van der Waals surface area contributed by atoms with E-state index in [1.807, 2.05) is 41.5 Å². The standard InChI is InChI=1S/C20H20N2O2S2/c1-14-21-16(13-26-14)12-24-17-6-2-5-15(11-17)20(23)22-9-3-7-18(22)19-8-4-10-25-19/h2,4-6,8,10-11,13,18H,3,7,9,12H2,1H3. The molecule has 2 aromatic heterocycles. The van der Waals surface area contributed by atoms with Gasteiger partial charge in [-0.05, 0) is 49.4 Å². The van der Waals surface area contributed by atoms with Crippen molar-refractivity contribution in [2.24, 2.45) is 0 Å². The third kappa shape index (κ3) is 3.66. The molecule has 4 nitrogen and oxygen atoms in total. The van der Waals surface area contributed by atoms with Crippen molar-refractivity contribution < 1.29 is 9.53 Å². The second kappa shape index (κ2) is 7.60. The SMILES string of the molecule is Cc1nc(COc2cccc(C(=O)N3CCCC3c3cccs3)c2)cs1. The van der Waals surface area contributed by atoms with Crippen molar-refractivity contribution in [2.75, 3.05) is 6.54 Å². The van der Waals surface area contributed by atoms with Gasteiger partial charge in [0.05, 0.1) is 16.7 Å². The van der Waals surface area contributed by atoms with Gasteiger partial charge < -0.3 is 9.64 Å². The molecule has 4 rings (SSSR count). The number of likely N-dealkylation sites (tertiary alicyclic amines) is 1. The molecule has 1 saturated heterocycles. The fourth-order valence-corrected chi connectivity index (χ4v) is 4.77. The number of hydrogen-bond donors (Lipinski definition) is 0. The number of benzene rings is 1. The molecule has 3 heterocycles. The molecule has 1 aliphatic rings. The van der Waals surface area contributed by atoms with E-state index in [-0.39, 0.29) is 11.9 Å². The van der Waals surface area contributed by atoms with Crippen LogP contribution in [0.2, 0.25) is 0 Å². The lowest BCUT2D eigenvalue weighted by molar-refractivity contribution is 0.0737. The Morgan fingerprint density at radius 2 is 2.23 bits per heavy atom. The van der Waals surface area contributed by atoms with Crippen LogP contribution in [0.25, 0.3) is 0 Å². The van der Waals surface area contributed by atoms with Gasteiger partial charge in [-0.2, -0.15) is 0 Å². The molecule has 1 aliphatic heterocycles. The van der Waals surface area contributed by atoms with Crippen LogP contribution >= 0.6 is 22.7 Å². The lowest BCUT2D eigenvalue weighted by atomic mass is 10.1. The summed E-state index contributed by atoms with van der Waals surface area (Å²) in [5, 5.41) is 5.10. The lowest BCUT2D eigenvalue weighted by Gasteiger charge is -2.24. The van der Waals surface area contributed by atoms with Crippen LogP contribution in [0.3, 0.4) is 0 Å². The molecule has 0 spiro atoms. The number of aromatic nitrogens is 1. The van der Waals surface area contributed by atoms with Crippen molar-refractivity contribution in [3.8, 4) is 5.75 Å². The molecule has 1 aromatic carbocycles. The summed E-state index contributed by atoms with van der Waals surface area (Å²) in [7, 11) is 0. The van der Waals surface area contributed by atoms with Crippen LogP contribution in [0.1, 0.15) is 44.8 Å². The second-order valence-electron chi connectivity index (χ2n) is 6.35. The second-order valence-corrected chi connectivity index (χ2v) is 8.39. The minimum Gasteiger partial charge on any atom is -0.487 e. The van der Waals surface area contributed by atoms with E-state index in [1.165, 1.54) is 4.88 Å². The number of thiazole rings is 1. The van der Waals surface area contributed by atoms with E-state index >= 15 is 0 Å². The molecule has 3 aromatic rings. The summed E-state index contributed by atoms with van der Waals surface area (Å²) < 4.78 is 5.83. The minimum absolute atomic E-state index is 0.0795. The summed E-state index contributed by atoms with van der Waals surface area (Å²) in [6.07, 6.45) is 2.08. The van der Waals surface area contributed by atoms with Crippen LogP contribution in [-0.4, -0.2) is 22.3 Å². The number of amides is 1. The Morgan fingerprint density at radius 3 is 3.00 bits per heavy atom. The summed E-state index contributed by atoms with van der Waals surface area (Å²) in [4.78, 5) is 20.7. The molecule has 1 fully saturated rings. The smallest absolute Gasteiger partial charge is 0.254 e. The molecule has 0 N–H and O–H groups in total. The number of carbonyl (C=O) groups excluding carboxylic acids is 1. The highest BCUT2D eigenvalue weighted by molar-refractivity contribution is 7.10. The van der Waals surface area contributed by atoms with Crippen molar-refractivity contribution in [3.05, 3.63) is 68.3 Å². The van der Waals surface area contributed by atoms with E-state index in [0.717, 1.165) is 30.1 Å². The van der Waals surface area contributed by atoms with Crippen LogP contribution < -0.4 is 4.74 Å². The molecule has 1 unspecified atom stereocenters. The minimum atomic E-state index is 0.0795. The average molecular weight is 385 g/mol. The molecule has 1 atom stereocenters. The zero-order valence-electron chi connectivity index (χ0n) is 14.6. The molecular formula is C20H20N2O2S2. The maximum atomic E-state index is 13.0. The average Bonchev–Trinajstić information content (AvgIpc) is 3.40. The molecule has 1 amide bonds. The number of nitrogens with zero attached hydrogens (tertiary/aromatic N) is 2. The van der Waals surface area contributed by atoms with Crippen molar-refractivity contribution in [1.29, 1.82) is 0 Å². The molecule has 134 valence electrons. The Bertz CT molecular complexity index is 889. The van der Waals surface area contributed by atoms with E-state index < -0.39 is 0 Å². The maximum absolute atomic E-state index is 13.0. The van der Waals surface area contributed by atoms with Gasteiger partial charge in [-0.3, -0.25) is 4.79 Å². The van der Waals surface area contributed by atoms with Gasteiger partial charge in [-0.25, -0.2) is 4.98 Å². The summed E-state index contributed by atoms with van der Waals surface area (Å²) >= 11 is 3.34. The Kier molecular flexibility index (Phi) is 5.04. The topological polar surface area (TPSA) is 42.4 Å². The predicted molar refractivity (Wildman–Crippen MR) is 105 cm³/mol. The number of ether oxygens (including phenoxy) is 1. The number of thiophene rings is 1. The van der Waals surface area contributed by atoms with Crippen LogP contribution in [0.15, 0.2) is 47.2 Å². The molecular weight excluding hydrogens is 364 g/mol. The van der Waals surface area contributed by atoms with Crippen molar-refractivity contribution in [3.63, 3.8) is 0 Å². The Balaban J connectivity index is 1.47. The number of hydrogen-bond acceptors (Lipinski definition) is 5. The van der Waals surface area contributed by atoms with E-state index in [1.54, 1.807) is 22.7 Å². The zero-order valence-corrected chi connectivity index (χ0v) is 16.2. The first-order chi connectivity index (χ1) is 12.7. The van der Waals surface area contributed by atoms with Crippen molar-refractivity contribution >= 4 is 28.6 Å². The first-order valence-electron chi connectivity index (χ1n) is 8.69. The highest BCUT2D eigenvalue weighted by Gasteiger charge is 2.31. The van der Waals surface area contributed by atoms with Gasteiger partial charge >= 0.3 is 0 Å². The van der Waals surface area contributed by atoms with E-state index in [2.05, 4.69) is 22.5 Å². The third-order valence-electron chi connectivity index (χ3n) is 4.52. The van der Waals surface area contributed by atoms with Crippen LogP contribution in [0, 0.1) is 6.92 Å². The molecule has 0 saturated carbocycles. The summed E-state index contributed by atoms with van der Waals surface area (Å²) in [5.74, 6) is 0.782. The molecule has 0 radical (unpaired) electrons. The van der Waals surface area contributed by atoms with Crippen LogP contribution in [0.5, 0.6) is 5.75 Å². The van der Waals surface area contributed by atoms with Gasteiger partial charge in [0.15, 0.2) is 0 Å². The number of rotatable bonds is 5. The van der Waals surface area contributed by atoms with Gasteiger partial charge in [0, 0.05) is 22.4 Å². The third-order valence-corrected chi connectivity index (χ3v) is 6.32. The Labute approximate surface area is 161 Å². The Hall–Kier alpha value is -2.18. The van der Waals surface area contributed by atoms with Gasteiger partial charge in [-0.1, -0.05) is 12.1 Å². The van der Waals surface area contributed by atoms with Crippen molar-refractivity contribution in [2.45, 2.75) is 32.4 Å². The lowest BCUT2D eigenvalue weighted by Crippen LogP contribution is -2.30. The molecule has 0 aliphatic carbocycles. The van der Waals surface area contributed by atoms with Crippen molar-refractivity contribution in [1.82, 2.24) is 9.88 Å². The van der Waals surface area contributed by atoms with Gasteiger partial charge in [0.25, 0.3) is 5.91 Å². The predicted octanol–water partition coefficient (Wildman–Crippen LogP) is 5.07. The fourth-order valence-electron chi connectivity index (χ4n) is 3.30. The van der Waals surface area contributed by atoms with Crippen LogP contribution in [-0.2, 0) is 6.61 Å². The largest absolute Gasteiger partial charge is 0.487 e. The molecule has 0 bridgehead atoms. The summed E-state index contributed by atoms with van der Waals surface area (Å²) in [5.41, 5.74) is 1.60. The van der Waals surface area contributed by atoms with Crippen LogP contribution in [0.4, 0.5) is 0 Å². The highest BCUT2D eigenvalue weighted by Crippen LogP contribution is 2.35. The molecule has 6 heteroatoms. The summed E-state index contributed by atoms with van der Waals surface area (Å²) in [6, 6.07) is 11.8. The highest BCUT2D eigenvalue weighted by atomic mass is 32.1. The number of carbonyl (C=O) groups is 1. The monoisotopic (exact) mass is 384 g/mol. The maximum Gasteiger partial charge on any atom is 0.254 e. The number of aryl methyl sites for hydroxylation is 1. The van der Waals surface area contributed by atoms with E-state index in [9.17, 15) is 4.79 Å². The van der Waals surface area contributed by atoms with Gasteiger partial charge in [0.1, 0.15) is 12.4 Å².